The number of aromatic nitrogens is 2. The minimum Gasteiger partial charge on any atom is -0.352 e. The van der Waals surface area contributed by atoms with Crippen LogP contribution in [0.4, 0.5) is 0 Å². The molecule has 0 radical (unpaired) electrons. The lowest BCUT2D eigenvalue weighted by atomic mass is 10.3. The third-order valence-corrected chi connectivity index (χ3v) is 3.24. The van der Waals surface area contributed by atoms with Gasteiger partial charge < -0.3 is 10.6 Å². The Morgan fingerprint density at radius 3 is 3.06 bits per heavy atom. The highest BCUT2D eigenvalue weighted by Gasteiger charge is 2.22. The van der Waals surface area contributed by atoms with Gasteiger partial charge in [-0.3, -0.25) is 9.48 Å². The zero-order valence-electron chi connectivity index (χ0n) is 11.1. The van der Waals surface area contributed by atoms with Crippen LogP contribution in [0.1, 0.15) is 44.8 Å². The summed E-state index contributed by atoms with van der Waals surface area (Å²) in [6.07, 6.45) is 5.32. The Labute approximate surface area is 108 Å². The van der Waals surface area contributed by atoms with Crippen LogP contribution in [0.3, 0.4) is 0 Å². The van der Waals surface area contributed by atoms with Crippen molar-refractivity contribution in [1.82, 2.24) is 20.4 Å². The first-order chi connectivity index (χ1) is 8.69. The average Bonchev–Trinajstić information content (AvgIpc) is 3.04. The van der Waals surface area contributed by atoms with Gasteiger partial charge in [-0.2, -0.15) is 5.10 Å². The lowest BCUT2D eigenvalue weighted by molar-refractivity contribution is -0.120. The van der Waals surface area contributed by atoms with Crippen LogP contribution in [-0.4, -0.2) is 28.3 Å². The lowest BCUT2D eigenvalue weighted by Crippen LogP contribution is -2.34. The molecule has 1 aromatic heterocycles. The largest absolute Gasteiger partial charge is 0.352 e. The molecule has 0 spiro atoms. The highest BCUT2D eigenvalue weighted by molar-refractivity contribution is 5.78. The van der Waals surface area contributed by atoms with Crippen molar-refractivity contribution in [3.63, 3.8) is 0 Å². The van der Waals surface area contributed by atoms with Crippen LogP contribution in [0.2, 0.25) is 0 Å². The highest BCUT2D eigenvalue weighted by Crippen LogP contribution is 2.18. The Balaban J connectivity index is 1.69. The third-order valence-electron chi connectivity index (χ3n) is 3.24. The Kier molecular flexibility index (Phi) is 4.36. The number of carbonyl (C=O) groups is 1. The zero-order chi connectivity index (χ0) is 13.0. The minimum atomic E-state index is 0.0823. The van der Waals surface area contributed by atoms with E-state index in [4.69, 9.17) is 0 Å². The molecule has 1 unspecified atom stereocenters. The van der Waals surface area contributed by atoms with E-state index < -0.39 is 0 Å². The lowest BCUT2D eigenvalue weighted by Gasteiger charge is -2.08. The fourth-order valence-electron chi connectivity index (χ4n) is 1.71. The number of nitrogens with zero attached hydrogens (tertiary/aromatic N) is 2. The smallest absolute Gasteiger partial charge is 0.234 e. The molecule has 1 heterocycles. The topological polar surface area (TPSA) is 59.0 Å². The maximum atomic E-state index is 11.4. The number of hydrogen-bond donors (Lipinski definition) is 2. The normalized spacial score (nSPS) is 16.6. The molecule has 0 bridgehead atoms. The van der Waals surface area contributed by atoms with Gasteiger partial charge in [0.1, 0.15) is 0 Å². The van der Waals surface area contributed by atoms with Gasteiger partial charge in [0.05, 0.1) is 12.2 Å². The summed E-state index contributed by atoms with van der Waals surface area (Å²) in [5.74, 6) is 0.0823. The number of amides is 1. The summed E-state index contributed by atoms with van der Waals surface area (Å²) in [5.41, 5.74) is 0.981. The maximum absolute atomic E-state index is 11.4. The second-order valence-electron chi connectivity index (χ2n) is 4.99. The standard InChI is InChI=1S/C13H22N4O/c1-3-10(2)17-7-6-12(16-17)8-14-9-13(18)15-11-4-5-11/h6-7,10-11,14H,3-5,8-9H2,1-2H3,(H,15,18). The molecule has 1 amide bonds. The summed E-state index contributed by atoms with van der Waals surface area (Å²) >= 11 is 0. The molecule has 5 nitrogen and oxygen atoms in total. The summed E-state index contributed by atoms with van der Waals surface area (Å²) in [5, 5.41) is 10.5. The molecule has 5 heteroatoms. The Bertz CT molecular complexity index is 397. The molecule has 1 aromatic rings. The van der Waals surface area contributed by atoms with E-state index >= 15 is 0 Å². The molecule has 1 saturated carbocycles. The van der Waals surface area contributed by atoms with Gasteiger partial charge in [-0.1, -0.05) is 6.92 Å². The minimum absolute atomic E-state index is 0.0823. The SMILES string of the molecule is CCC(C)n1ccc(CNCC(=O)NC2CC2)n1. The average molecular weight is 250 g/mol. The van der Waals surface area contributed by atoms with Crippen molar-refractivity contribution in [1.29, 1.82) is 0 Å². The van der Waals surface area contributed by atoms with Crippen molar-refractivity contribution >= 4 is 5.91 Å². The van der Waals surface area contributed by atoms with Gasteiger partial charge >= 0.3 is 0 Å². The molecular formula is C13H22N4O. The van der Waals surface area contributed by atoms with Crippen molar-refractivity contribution in [2.45, 2.75) is 51.7 Å². The fourth-order valence-corrected chi connectivity index (χ4v) is 1.71. The van der Waals surface area contributed by atoms with Crippen LogP contribution in [0.15, 0.2) is 12.3 Å². The Hall–Kier alpha value is -1.36. The van der Waals surface area contributed by atoms with E-state index in [-0.39, 0.29) is 5.91 Å². The molecular weight excluding hydrogens is 228 g/mol. The van der Waals surface area contributed by atoms with Crippen molar-refractivity contribution < 1.29 is 4.79 Å². The third kappa shape index (κ3) is 3.84. The van der Waals surface area contributed by atoms with Crippen LogP contribution in [0.5, 0.6) is 0 Å². The van der Waals surface area contributed by atoms with Crippen molar-refractivity contribution in [3.05, 3.63) is 18.0 Å². The summed E-state index contributed by atoms with van der Waals surface area (Å²) in [4.78, 5) is 11.4. The zero-order valence-corrected chi connectivity index (χ0v) is 11.1. The van der Waals surface area contributed by atoms with Gasteiger partial charge in [-0.15, -0.1) is 0 Å². The van der Waals surface area contributed by atoms with Crippen LogP contribution in [0, 0.1) is 0 Å². The second-order valence-corrected chi connectivity index (χ2v) is 4.99. The molecule has 2 N–H and O–H groups in total. The van der Waals surface area contributed by atoms with E-state index in [0.717, 1.165) is 25.0 Å². The van der Waals surface area contributed by atoms with Gasteiger partial charge in [0.15, 0.2) is 0 Å². The van der Waals surface area contributed by atoms with Gasteiger partial charge in [0, 0.05) is 24.8 Å². The number of nitrogens with one attached hydrogen (secondary N) is 2. The van der Waals surface area contributed by atoms with Crippen LogP contribution in [0.25, 0.3) is 0 Å². The first-order valence-corrected chi connectivity index (χ1v) is 6.73. The molecule has 0 aliphatic heterocycles. The second kappa shape index (κ2) is 6.00. The quantitative estimate of drug-likeness (QED) is 0.765. The summed E-state index contributed by atoms with van der Waals surface area (Å²) in [7, 11) is 0. The maximum Gasteiger partial charge on any atom is 0.234 e. The first-order valence-electron chi connectivity index (χ1n) is 6.73. The number of hydrogen-bond acceptors (Lipinski definition) is 3. The van der Waals surface area contributed by atoms with Crippen LogP contribution >= 0.6 is 0 Å². The molecule has 18 heavy (non-hydrogen) atoms. The highest BCUT2D eigenvalue weighted by atomic mass is 16.2. The van der Waals surface area contributed by atoms with E-state index in [9.17, 15) is 4.79 Å². The molecule has 100 valence electrons. The monoisotopic (exact) mass is 250 g/mol. The molecule has 2 rings (SSSR count). The molecule has 0 aromatic carbocycles. The molecule has 1 fully saturated rings. The molecule has 1 atom stereocenters. The predicted octanol–water partition coefficient (Wildman–Crippen LogP) is 1.22. The van der Waals surface area contributed by atoms with E-state index in [1.807, 2.05) is 16.9 Å². The van der Waals surface area contributed by atoms with Gasteiger partial charge in [0.25, 0.3) is 0 Å². The number of rotatable bonds is 7. The fraction of sp³-hybridized carbons (Fsp3) is 0.692. The van der Waals surface area contributed by atoms with Crippen LogP contribution < -0.4 is 10.6 Å². The van der Waals surface area contributed by atoms with E-state index in [1.165, 1.54) is 0 Å². The summed E-state index contributed by atoms with van der Waals surface area (Å²) in [6.45, 7) is 5.30. The van der Waals surface area contributed by atoms with Crippen molar-refractivity contribution in [2.24, 2.45) is 0 Å². The van der Waals surface area contributed by atoms with Gasteiger partial charge in [0.2, 0.25) is 5.91 Å². The van der Waals surface area contributed by atoms with Gasteiger partial charge in [-0.05, 0) is 32.3 Å². The van der Waals surface area contributed by atoms with Crippen molar-refractivity contribution in [2.75, 3.05) is 6.54 Å². The Morgan fingerprint density at radius 1 is 1.61 bits per heavy atom. The molecule has 1 aliphatic carbocycles. The van der Waals surface area contributed by atoms with Gasteiger partial charge in [-0.25, -0.2) is 0 Å². The van der Waals surface area contributed by atoms with E-state index in [0.29, 0.717) is 25.2 Å². The molecule has 1 aliphatic rings. The number of carbonyl (C=O) groups excluding carboxylic acids is 1. The Morgan fingerprint density at radius 2 is 2.39 bits per heavy atom. The summed E-state index contributed by atoms with van der Waals surface area (Å²) in [6, 6.07) is 2.86. The van der Waals surface area contributed by atoms with E-state index in [2.05, 4.69) is 29.6 Å². The summed E-state index contributed by atoms with van der Waals surface area (Å²) < 4.78 is 1.97. The van der Waals surface area contributed by atoms with E-state index in [1.54, 1.807) is 0 Å². The first kappa shape index (κ1) is 13.1. The molecule has 0 saturated heterocycles. The van der Waals surface area contributed by atoms with Crippen LogP contribution in [-0.2, 0) is 11.3 Å². The predicted molar refractivity (Wildman–Crippen MR) is 70.1 cm³/mol. The van der Waals surface area contributed by atoms with Crippen molar-refractivity contribution in [3.8, 4) is 0 Å².